The zero-order valence-electron chi connectivity index (χ0n) is 16.0. The van der Waals surface area contributed by atoms with Gasteiger partial charge in [-0.3, -0.25) is 4.79 Å². The van der Waals surface area contributed by atoms with Gasteiger partial charge in [0.1, 0.15) is 5.56 Å². The van der Waals surface area contributed by atoms with Crippen LogP contribution < -0.4 is 5.32 Å². The van der Waals surface area contributed by atoms with Gasteiger partial charge in [0.25, 0.3) is 5.91 Å². The highest BCUT2D eigenvalue weighted by atomic mass is 16.1. The molecular formula is C21H30N4O. The van der Waals surface area contributed by atoms with Crippen molar-refractivity contribution in [2.75, 3.05) is 0 Å². The first-order valence-electron chi connectivity index (χ1n) is 10.3. The lowest BCUT2D eigenvalue weighted by atomic mass is 9.78. The molecule has 5 heteroatoms. The first-order valence-corrected chi connectivity index (χ1v) is 10.3. The maximum Gasteiger partial charge on any atom is 0.256 e. The Bertz CT molecular complexity index is 797. The summed E-state index contributed by atoms with van der Waals surface area (Å²) in [6.07, 6.45) is 14.3. The highest BCUT2D eigenvalue weighted by Crippen LogP contribution is 2.30. The highest BCUT2D eigenvalue weighted by Gasteiger charge is 2.29. The first-order chi connectivity index (χ1) is 12.6. The van der Waals surface area contributed by atoms with Crippen molar-refractivity contribution in [2.24, 2.45) is 11.8 Å². The van der Waals surface area contributed by atoms with Crippen LogP contribution in [0.25, 0.3) is 5.65 Å². The molecule has 0 aromatic carbocycles. The zero-order chi connectivity index (χ0) is 18.1. The molecule has 0 radical (unpaired) electrons. The molecule has 2 aromatic heterocycles. The molecule has 4 rings (SSSR count). The van der Waals surface area contributed by atoms with Crippen LogP contribution in [0.4, 0.5) is 0 Å². The van der Waals surface area contributed by atoms with Crippen LogP contribution in [0.1, 0.15) is 80.4 Å². The van der Waals surface area contributed by atoms with Gasteiger partial charge in [0.2, 0.25) is 0 Å². The van der Waals surface area contributed by atoms with Crippen LogP contribution in [0.15, 0.2) is 12.4 Å². The summed E-state index contributed by atoms with van der Waals surface area (Å²) >= 11 is 0. The zero-order valence-corrected chi connectivity index (χ0v) is 16.0. The largest absolute Gasteiger partial charge is 0.349 e. The normalized spacial score (nSPS) is 26.8. The Morgan fingerprint density at radius 2 is 1.88 bits per heavy atom. The van der Waals surface area contributed by atoms with Crippen LogP contribution >= 0.6 is 0 Å². The van der Waals surface area contributed by atoms with Crippen molar-refractivity contribution in [1.82, 2.24) is 19.9 Å². The third kappa shape index (κ3) is 3.24. The summed E-state index contributed by atoms with van der Waals surface area (Å²) in [6.45, 7) is 4.55. The van der Waals surface area contributed by atoms with Crippen molar-refractivity contribution in [3.05, 3.63) is 29.2 Å². The van der Waals surface area contributed by atoms with E-state index >= 15 is 0 Å². The number of fused-ring (bicyclic) bond motifs is 3. The van der Waals surface area contributed by atoms with E-state index in [0.717, 1.165) is 19.3 Å². The van der Waals surface area contributed by atoms with Gasteiger partial charge in [-0.05, 0) is 49.5 Å². The lowest BCUT2D eigenvalue weighted by molar-refractivity contribution is 0.0892. The van der Waals surface area contributed by atoms with Gasteiger partial charge in [0, 0.05) is 17.9 Å². The molecule has 2 heterocycles. The molecule has 2 aliphatic carbocycles. The van der Waals surface area contributed by atoms with E-state index < -0.39 is 0 Å². The fourth-order valence-corrected chi connectivity index (χ4v) is 4.64. The van der Waals surface area contributed by atoms with Crippen molar-refractivity contribution in [2.45, 2.75) is 77.7 Å². The van der Waals surface area contributed by atoms with Crippen LogP contribution in [0.2, 0.25) is 0 Å². The van der Waals surface area contributed by atoms with Crippen LogP contribution in [0, 0.1) is 11.8 Å². The topological polar surface area (TPSA) is 59.3 Å². The lowest BCUT2D eigenvalue weighted by Gasteiger charge is -2.34. The number of nitrogens with zero attached hydrogens (tertiary/aromatic N) is 3. The van der Waals surface area contributed by atoms with E-state index in [9.17, 15) is 4.79 Å². The van der Waals surface area contributed by atoms with E-state index in [1.165, 1.54) is 49.8 Å². The molecule has 1 N–H and O–H groups in total. The molecule has 0 saturated heterocycles. The highest BCUT2D eigenvalue weighted by molar-refractivity contribution is 5.99. The number of hydrogen-bond acceptors (Lipinski definition) is 3. The Morgan fingerprint density at radius 3 is 2.73 bits per heavy atom. The van der Waals surface area contributed by atoms with Gasteiger partial charge in [-0.15, -0.1) is 0 Å². The molecule has 2 aliphatic rings. The number of rotatable bonds is 2. The molecule has 0 aliphatic heterocycles. The molecule has 0 spiro atoms. The van der Waals surface area contributed by atoms with E-state index in [1.807, 2.05) is 10.7 Å². The minimum Gasteiger partial charge on any atom is -0.349 e. The average Bonchev–Trinajstić information content (AvgIpc) is 3.03. The van der Waals surface area contributed by atoms with Gasteiger partial charge in [-0.1, -0.05) is 39.5 Å². The molecule has 26 heavy (non-hydrogen) atoms. The maximum absolute atomic E-state index is 12.9. The van der Waals surface area contributed by atoms with Gasteiger partial charge in [-0.2, -0.15) is 5.10 Å². The number of aromatic nitrogens is 3. The van der Waals surface area contributed by atoms with E-state index in [0.29, 0.717) is 23.0 Å². The van der Waals surface area contributed by atoms with Gasteiger partial charge < -0.3 is 5.32 Å². The summed E-state index contributed by atoms with van der Waals surface area (Å²) in [5.74, 6) is 1.16. The Kier molecular flexibility index (Phi) is 4.96. The Labute approximate surface area is 155 Å². The standard InChI is InChI=1S/C21H30N4O/c1-14-8-7-10-18(15(14)2)24-21(26)17-13-23-25-19-11-6-4-3-5-9-16(19)12-22-20(17)25/h12-15,18H,3-11H2,1-2H3,(H,24,26)/t14-,15+,18+/m1/s1. The van der Waals surface area contributed by atoms with Gasteiger partial charge in [0.05, 0.1) is 6.20 Å². The molecule has 0 unspecified atom stereocenters. The Hall–Kier alpha value is -1.91. The summed E-state index contributed by atoms with van der Waals surface area (Å²) in [5, 5.41) is 7.81. The Morgan fingerprint density at radius 1 is 1.08 bits per heavy atom. The quantitative estimate of drug-likeness (QED) is 0.888. The van der Waals surface area contributed by atoms with Crippen molar-refractivity contribution in [3.63, 3.8) is 0 Å². The van der Waals surface area contributed by atoms with Crippen LogP contribution in [-0.2, 0) is 12.8 Å². The van der Waals surface area contributed by atoms with E-state index in [1.54, 1.807) is 6.20 Å². The minimum atomic E-state index is -0.0238. The number of carbonyl (C=O) groups excluding carboxylic acids is 1. The van der Waals surface area contributed by atoms with Crippen molar-refractivity contribution in [1.29, 1.82) is 0 Å². The second-order valence-corrected chi connectivity index (χ2v) is 8.29. The first kappa shape index (κ1) is 17.5. The lowest BCUT2D eigenvalue weighted by Crippen LogP contribution is -2.43. The van der Waals surface area contributed by atoms with E-state index in [4.69, 9.17) is 0 Å². The molecule has 0 bridgehead atoms. The molecule has 3 atom stereocenters. The van der Waals surface area contributed by atoms with Crippen molar-refractivity contribution in [3.8, 4) is 0 Å². The fraction of sp³-hybridized carbons (Fsp3) is 0.667. The number of carbonyl (C=O) groups is 1. The van der Waals surface area contributed by atoms with Gasteiger partial charge in [0.15, 0.2) is 5.65 Å². The van der Waals surface area contributed by atoms with Crippen molar-refractivity contribution >= 4 is 11.6 Å². The molecule has 140 valence electrons. The van der Waals surface area contributed by atoms with E-state index in [2.05, 4.69) is 29.2 Å². The summed E-state index contributed by atoms with van der Waals surface area (Å²) in [4.78, 5) is 17.5. The third-order valence-electron chi connectivity index (χ3n) is 6.59. The SMILES string of the molecule is C[C@H]1[C@H](C)CCC[C@@H]1NC(=O)c1cnn2c3c(cnc12)CCCCCC3. The third-order valence-corrected chi connectivity index (χ3v) is 6.59. The summed E-state index contributed by atoms with van der Waals surface area (Å²) in [6, 6.07) is 0.255. The van der Waals surface area contributed by atoms with Crippen LogP contribution in [-0.4, -0.2) is 26.5 Å². The molecule has 1 saturated carbocycles. The van der Waals surface area contributed by atoms with Gasteiger partial charge in [-0.25, -0.2) is 9.50 Å². The van der Waals surface area contributed by atoms with Crippen LogP contribution in [0.5, 0.6) is 0 Å². The minimum absolute atomic E-state index is 0.0238. The molecule has 1 fully saturated rings. The Balaban J connectivity index is 1.60. The van der Waals surface area contributed by atoms with Gasteiger partial charge >= 0.3 is 0 Å². The molecule has 2 aromatic rings. The van der Waals surface area contributed by atoms with E-state index in [-0.39, 0.29) is 11.9 Å². The number of hydrogen-bond donors (Lipinski definition) is 1. The summed E-state index contributed by atoms with van der Waals surface area (Å²) in [5.41, 5.74) is 3.86. The predicted octanol–water partition coefficient (Wildman–Crippen LogP) is 3.94. The fourth-order valence-electron chi connectivity index (χ4n) is 4.64. The maximum atomic E-state index is 12.9. The monoisotopic (exact) mass is 354 g/mol. The number of aryl methyl sites for hydroxylation is 2. The predicted molar refractivity (Wildman–Crippen MR) is 102 cm³/mol. The summed E-state index contributed by atoms with van der Waals surface area (Å²) < 4.78 is 1.92. The second-order valence-electron chi connectivity index (χ2n) is 8.29. The van der Waals surface area contributed by atoms with Crippen molar-refractivity contribution < 1.29 is 4.79 Å². The summed E-state index contributed by atoms with van der Waals surface area (Å²) in [7, 11) is 0. The molecular weight excluding hydrogens is 324 g/mol. The van der Waals surface area contributed by atoms with Crippen LogP contribution in [0.3, 0.4) is 0 Å². The number of amides is 1. The smallest absolute Gasteiger partial charge is 0.256 e. The molecule has 5 nitrogen and oxygen atoms in total. The number of nitrogens with one attached hydrogen (secondary N) is 1. The second kappa shape index (κ2) is 7.37. The average molecular weight is 354 g/mol. The molecule has 1 amide bonds.